The number of carbonyl (C=O) groups is 1. The molecule has 130 valence electrons. The van der Waals surface area contributed by atoms with E-state index in [-0.39, 0.29) is 11.6 Å². The Labute approximate surface area is 147 Å². The van der Waals surface area contributed by atoms with Crippen molar-refractivity contribution in [1.82, 2.24) is 14.9 Å². The van der Waals surface area contributed by atoms with Gasteiger partial charge in [0.1, 0.15) is 11.6 Å². The molecule has 1 atom stereocenters. The summed E-state index contributed by atoms with van der Waals surface area (Å²) in [6.45, 7) is 3.47. The van der Waals surface area contributed by atoms with Crippen molar-refractivity contribution >= 4 is 23.4 Å². The van der Waals surface area contributed by atoms with Crippen LogP contribution in [0.3, 0.4) is 0 Å². The van der Waals surface area contributed by atoms with E-state index in [1.165, 1.54) is 23.1 Å². The van der Waals surface area contributed by atoms with Gasteiger partial charge in [-0.15, -0.1) is 10.2 Å². The fourth-order valence-corrected chi connectivity index (χ4v) is 2.94. The van der Waals surface area contributed by atoms with Gasteiger partial charge in [-0.3, -0.25) is 4.79 Å². The zero-order chi connectivity index (χ0) is 18.0. The Bertz CT molecular complexity index is 908. The van der Waals surface area contributed by atoms with Crippen molar-refractivity contribution < 1.29 is 13.6 Å². The molecule has 0 saturated carbocycles. The van der Waals surface area contributed by atoms with Crippen molar-refractivity contribution in [3.63, 3.8) is 0 Å². The predicted molar refractivity (Wildman–Crippen MR) is 93.0 cm³/mol. The molecule has 0 bridgehead atoms. The minimum Gasteiger partial charge on any atom is -0.469 e. The number of benzene rings is 1. The lowest BCUT2D eigenvalue weighted by Crippen LogP contribution is -2.24. The lowest BCUT2D eigenvalue weighted by molar-refractivity contribution is -0.115. The Hall–Kier alpha value is -2.81. The van der Waals surface area contributed by atoms with Crippen LogP contribution in [0.1, 0.15) is 12.7 Å². The molecule has 3 rings (SSSR count). The van der Waals surface area contributed by atoms with Crippen molar-refractivity contribution in [3.05, 3.63) is 48.2 Å². The van der Waals surface area contributed by atoms with Crippen LogP contribution in [0.2, 0.25) is 0 Å². The minimum absolute atomic E-state index is 0.129. The van der Waals surface area contributed by atoms with Gasteiger partial charge in [-0.1, -0.05) is 23.9 Å². The summed E-state index contributed by atoms with van der Waals surface area (Å²) in [6.07, 6.45) is 1.54. The van der Waals surface area contributed by atoms with Gasteiger partial charge in [0.25, 0.3) is 0 Å². The molecular weight excluding hydrogens is 345 g/mol. The number of nitrogens with two attached hydrogens (primary N) is 1. The number of halogens is 1. The van der Waals surface area contributed by atoms with Crippen LogP contribution in [0.15, 0.2) is 46.2 Å². The average molecular weight is 361 g/mol. The standard InChI is InChI=1S/C16H16FN5O2S/c1-9-11(7-8-24-9)14-20-21-16(22(14)18)25-10(2)15(23)19-13-6-4-3-5-12(13)17/h3-8,10H,18H2,1-2H3,(H,19,23). The van der Waals surface area contributed by atoms with E-state index in [9.17, 15) is 9.18 Å². The van der Waals surface area contributed by atoms with Crippen molar-refractivity contribution in [2.45, 2.75) is 24.3 Å². The number of nitrogens with one attached hydrogen (secondary N) is 1. The summed E-state index contributed by atoms with van der Waals surface area (Å²) in [5.74, 6) is 6.28. The van der Waals surface area contributed by atoms with Crippen LogP contribution >= 0.6 is 11.8 Å². The number of nitrogen functional groups attached to an aromatic ring is 1. The second-order valence-electron chi connectivity index (χ2n) is 5.30. The van der Waals surface area contributed by atoms with E-state index in [1.54, 1.807) is 32.0 Å². The number of anilines is 1. The molecule has 0 spiro atoms. The molecule has 1 aromatic carbocycles. The highest BCUT2D eigenvalue weighted by Gasteiger charge is 2.21. The molecule has 3 aromatic rings. The lowest BCUT2D eigenvalue weighted by Gasteiger charge is -2.12. The van der Waals surface area contributed by atoms with Gasteiger partial charge in [-0.2, -0.15) is 0 Å². The molecule has 0 aliphatic carbocycles. The molecular formula is C16H16FN5O2S. The molecule has 0 aliphatic heterocycles. The fraction of sp³-hybridized carbons (Fsp3) is 0.188. The summed E-state index contributed by atoms with van der Waals surface area (Å²) >= 11 is 1.13. The first-order chi connectivity index (χ1) is 12.0. The highest BCUT2D eigenvalue weighted by atomic mass is 32.2. The summed E-state index contributed by atoms with van der Waals surface area (Å²) in [5.41, 5.74) is 0.856. The number of aryl methyl sites for hydroxylation is 1. The van der Waals surface area contributed by atoms with Gasteiger partial charge in [0, 0.05) is 0 Å². The van der Waals surface area contributed by atoms with Crippen molar-refractivity contribution in [1.29, 1.82) is 0 Å². The summed E-state index contributed by atoms with van der Waals surface area (Å²) < 4.78 is 20.2. The van der Waals surface area contributed by atoms with Gasteiger partial charge in [0.2, 0.25) is 11.1 Å². The van der Waals surface area contributed by atoms with Crippen LogP contribution in [0.5, 0.6) is 0 Å². The van der Waals surface area contributed by atoms with E-state index in [2.05, 4.69) is 15.5 Å². The molecule has 0 radical (unpaired) electrons. The third kappa shape index (κ3) is 3.50. The third-order valence-electron chi connectivity index (χ3n) is 3.55. The Kier molecular flexibility index (Phi) is 4.75. The second kappa shape index (κ2) is 6.98. The van der Waals surface area contributed by atoms with Gasteiger partial charge in [-0.05, 0) is 32.0 Å². The van der Waals surface area contributed by atoms with Gasteiger partial charge >= 0.3 is 0 Å². The van der Waals surface area contributed by atoms with E-state index in [0.29, 0.717) is 16.7 Å². The molecule has 0 saturated heterocycles. The molecule has 7 nitrogen and oxygen atoms in total. The van der Waals surface area contributed by atoms with Gasteiger partial charge in [-0.25, -0.2) is 9.07 Å². The van der Waals surface area contributed by atoms with Crippen molar-refractivity contribution in [2.24, 2.45) is 0 Å². The second-order valence-corrected chi connectivity index (χ2v) is 6.60. The number of aromatic nitrogens is 3. The molecule has 2 heterocycles. The molecule has 3 N–H and O–H groups in total. The Morgan fingerprint density at radius 1 is 1.36 bits per heavy atom. The van der Waals surface area contributed by atoms with E-state index >= 15 is 0 Å². The number of nitrogens with zero attached hydrogens (tertiary/aromatic N) is 3. The van der Waals surface area contributed by atoms with Gasteiger partial charge < -0.3 is 15.6 Å². The number of thioether (sulfide) groups is 1. The normalized spacial score (nSPS) is 12.1. The van der Waals surface area contributed by atoms with Gasteiger partial charge in [0.05, 0.1) is 22.8 Å². The van der Waals surface area contributed by atoms with Crippen LogP contribution in [0.4, 0.5) is 10.1 Å². The molecule has 1 amide bonds. The van der Waals surface area contributed by atoms with Crippen LogP contribution in [-0.4, -0.2) is 26.0 Å². The van der Waals surface area contributed by atoms with E-state index in [1.807, 2.05) is 0 Å². The monoisotopic (exact) mass is 361 g/mol. The lowest BCUT2D eigenvalue weighted by atomic mass is 10.2. The van der Waals surface area contributed by atoms with Crippen molar-refractivity contribution in [3.8, 4) is 11.4 Å². The average Bonchev–Trinajstić information content (AvgIpc) is 3.16. The largest absolute Gasteiger partial charge is 0.469 e. The van der Waals surface area contributed by atoms with Crippen molar-refractivity contribution in [2.75, 3.05) is 11.2 Å². The Morgan fingerprint density at radius 3 is 2.80 bits per heavy atom. The molecule has 0 aliphatic rings. The molecule has 2 aromatic heterocycles. The Balaban J connectivity index is 1.72. The third-order valence-corrected chi connectivity index (χ3v) is 4.60. The number of rotatable bonds is 5. The molecule has 1 unspecified atom stereocenters. The number of hydrogen-bond donors (Lipinski definition) is 2. The predicted octanol–water partition coefficient (Wildman–Crippen LogP) is 2.82. The topological polar surface area (TPSA) is 99.0 Å². The van der Waals surface area contributed by atoms with E-state index in [0.717, 1.165) is 17.3 Å². The van der Waals surface area contributed by atoms with Crippen LogP contribution in [0.25, 0.3) is 11.4 Å². The quantitative estimate of drug-likeness (QED) is 0.535. The number of amides is 1. The van der Waals surface area contributed by atoms with Crippen LogP contribution in [-0.2, 0) is 4.79 Å². The molecule has 9 heteroatoms. The first-order valence-corrected chi connectivity index (χ1v) is 8.32. The van der Waals surface area contributed by atoms with Crippen LogP contribution < -0.4 is 11.2 Å². The SMILES string of the molecule is Cc1occc1-c1nnc(SC(C)C(=O)Nc2ccccc2F)n1N. The first-order valence-electron chi connectivity index (χ1n) is 7.44. The fourth-order valence-electron chi connectivity index (χ4n) is 2.17. The first kappa shape index (κ1) is 17.0. The number of carbonyl (C=O) groups excluding carboxylic acids is 1. The summed E-state index contributed by atoms with van der Waals surface area (Å²) in [7, 11) is 0. The van der Waals surface area contributed by atoms with E-state index < -0.39 is 11.1 Å². The maximum Gasteiger partial charge on any atom is 0.237 e. The highest BCUT2D eigenvalue weighted by Crippen LogP contribution is 2.27. The van der Waals surface area contributed by atoms with Gasteiger partial charge in [0.15, 0.2) is 5.82 Å². The molecule has 25 heavy (non-hydrogen) atoms. The zero-order valence-electron chi connectivity index (χ0n) is 13.6. The minimum atomic E-state index is -0.551. The summed E-state index contributed by atoms with van der Waals surface area (Å²) in [5, 5.41) is 10.4. The summed E-state index contributed by atoms with van der Waals surface area (Å²) in [4.78, 5) is 12.3. The smallest absolute Gasteiger partial charge is 0.237 e. The Morgan fingerprint density at radius 2 is 2.12 bits per heavy atom. The maximum absolute atomic E-state index is 13.6. The van der Waals surface area contributed by atoms with Crippen LogP contribution in [0, 0.1) is 12.7 Å². The number of para-hydroxylation sites is 1. The number of furan rings is 1. The van der Waals surface area contributed by atoms with E-state index in [4.69, 9.17) is 10.3 Å². The number of hydrogen-bond acceptors (Lipinski definition) is 6. The summed E-state index contributed by atoms with van der Waals surface area (Å²) in [6, 6.07) is 7.72. The highest BCUT2D eigenvalue weighted by molar-refractivity contribution is 8.00. The maximum atomic E-state index is 13.6. The zero-order valence-corrected chi connectivity index (χ0v) is 14.4. The molecule has 0 fully saturated rings.